The quantitative estimate of drug-likeness (QED) is 0.756. The molecule has 1 aromatic heterocycles. The van der Waals surface area contributed by atoms with Crippen LogP contribution in [0.3, 0.4) is 0 Å². The zero-order chi connectivity index (χ0) is 18.7. The average Bonchev–Trinajstić information content (AvgIpc) is 2.93. The summed E-state index contributed by atoms with van der Waals surface area (Å²) in [7, 11) is -4.52. The van der Waals surface area contributed by atoms with E-state index in [1.165, 1.54) is 6.07 Å². The van der Waals surface area contributed by atoms with Crippen LogP contribution < -0.4 is 9.46 Å². The second-order valence-corrected chi connectivity index (χ2v) is 7.45. The molecule has 0 unspecified atom stereocenters. The van der Waals surface area contributed by atoms with Crippen LogP contribution in [-0.2, 0) is 21.0 Å². The van der Waals surface area contributed by atoms with Gasteiger partial charge in [0, 0.05) is 6.42 Å². The van der Waals surface area contributed by atoms with Crippen LogP contribution in [0.4, 0.5) is 18.3 Å². The lowest BCUT2D eigenvalue weighted by molar-refractivity contribution is -0.140. The summed E-state index contributed by atoms with van der Waals surface area (Å²) in [5.74, 6) is -0.511. The van der Waals surface area contributed by atoms with E-state index in [0.29, 0.717) is 23.8 Å². The summed E-state index contributed by atoms with van der Waals surface area (Å²) in [4.78, 5) is 14.2. The molecule has 0 saturated heterocycles. The Balaban J connectivity index is 2.23. The van der Waals surface area contributed by atoms with Crippen LogP contribution in [0, 0.1) is 0 Å². The lowest BCUT2D eigenvalue weighted by Crippen LogP contribution is -2.18. The Morgan fingerprint density at radius 1 is 1.32 bits per heavy atom. The monoisotopic (exact) mass is 394 g/mol. The van der Waals surface area contributed by atoms with Gasteiger partial charge in [-0.05, 0) is 18.6 Å². The standard InChI is InChI=1S/C14H13F3N2O4S2/c1-2-5-11(20)23-12-8-18-13(24-12)19-25(21,22)10-7-4-3-6-9(10)14(15,16)17/h3-4,6-8H,2,5H2,1H3,(H,18,19). The van der Waals surface area contributed by atoms with E-state index >= 15 is 0 Å². The minimum Gasteiger partial charge on any atom is -0.414 e. The highest BCUT2D eigenvalue weighted by molar-refractivity contribution is 7.93. The highest BCUT2D eigenvalue weighted by atomic mass is 32.2. The molecule has 11 heteroatoms. The average molecular weight is 394 g/mol. The summed E-state index contributed by atoms with van der Waals surface area (Å²) in [5.41, 5.74) is -1.28. The smallest absolute Gasteiger partial charge is 0.414 e. The molecule has 0 fully saturated rings. The number of carbonyl (C=O) groups is 1. The van der Waals surface area contributed by atoms with Crippen molar-refractivity contribution in [2.75, 3.05) is 4.72 Å². The first-order valence-electron chi connectivity index (χ1n) is 6.99. The van der Waals surface area contributed by atoms with Gasteiger partial charge in [-0.1, -0.05) is 30.4 Å². The van der Waals surface area contributed by atoms with Gasteiger partial charge in [0.25, 0.3) is 10.0 Å². The number of ether oxygens (including phenoxy) is 1. The van der Waals surface area contributed by atoms with Crippen molar-refractivity contribution in [2.24, 2.45) is 0 Å². The van der Waals surface area contributed by atoms with Gasteiger partial charge in [0.15, 0.2) is 5.13 Å². The zero-order valence-electron chi connectivity index (χ0n) is 12.8. The van der Waals surface area contributed by atoms with Gasteiger partial charge in [-0.25, -0.2) is 13.4 Å². The Hall–Kier alpha value is -2.14. The number of benzene rings is 1. The van der Waals surface area contributed by atoms with E-state index in [0.717, 1.165) is 18.3 Å². The fraction of sp³-hybridized carbons (Fsp3) is 0.286. The van der Waals surface area contributed by atoms with E-state index in [4.69, 9.17) is 4.74 Å². The van der Waals surface area contributed by atoms with Crippen LogP contribution in [0.1, 0.15) is 25.3 Å². The Morgan fingerprint density at radius 3 is 2.64 bits per heavy atom. The lowest BCUT2D eigenvalue weighted by atomic mass is 10.2. The number of halogens is 3. The molecule has 0 aliphatic heterocycles. The molecule has 1 aromatic carbocycles. The maximum absolute atomic E-state index is 13.0. The minimum absolute atomic E-state index is 0.0419. The number of aromatic nitrogens is 1. The van der Waals surface area contributed by atoms with Crippen LogP contribution in [0.2, 0.25) is 0 Å². The highest BCUT2D eigenvalue weighted by Crippen LogP contribution is 2.35. The molecule has 0 spiro atoms. The molecule has 0 amide bonds. The number of hydrogen-bond acceptors (Lipinski definition) is 6. The maximum atomic E-state index is 13.0. The van der Waals surface area contributed by atoms with Crippen molar-refractivity contribution in [1.82, 2.24) is 4.98 Å². The zero-order valence-corrected chi connectivity index (χ0v) is 14.5. The second-order valence-electron chi connectivity index (χ2n) is 4.81. The van der Waals surface area contributed by atoms with Gasteiger partial charge in [-0.2, -0.15) is 13.2 Å². The van der Waals surface area contributed by atoms with Crippen molar-refractivity contribution >= 4 is 32.5 Å². The summed E-state index contributed by atoms with van der Waals surface area (Å²) >= 11 is 0.696. The van der Waals surface area contributed by atoms with E-state index in [1.807, 2.05) is 4.72 Å². The summed E-state index contributed by atoms with van der Waals surface area (Å²) in [6.07, 6.45) is -2.95. The van der Waals surface area contributed by atoms with E-state index in [1.54, 1.807) is 6.92 Å². The molecule has 0 aliphatic rings. The normalized spacial score (nSPS) is 12.0. The van der Waals surface area contributed by atoms with Gasteiger partial charge in [-0.15, -0.1) is 0 Å². The number of thiazole rings is 1. The molecular formula is C14H13F3N2O4S2. The molecule has 1 heterocycles. The third kappa shape index (κ3) is 4.92. The molecule has 25 heavy (non-hydrogen) atoms. The number of carbonyl (C=O) groups excluding carboxylic acids is 1. The van der Waals surface area contributed by atoms with Crippen molar-refractivity contribution in [2.45, 2.75) is 30.8 Å². The van der Waals surface area contributed by atoms with Crippen molar-refractivity contribution in [3.8, 4) is 5.06 Å². The fourth-order valence-corrected chi connectivity index (χ4v) is 3.98. The van der Waals surface area contributed by atoms with Crippen molar-refractivity contribution < 1.29 is 31.1 Å². The Kier molecular flexibility index (Phi) is 5.68. The third-order valence-electron chi connectivity index (χ3n) is 2.86. The molecular weight excluding hydrogens is 381 g/mol. The van der Waals surface area contributed by atoms with Crippen LogP contribution in [-0.4, -0.2) is 19.4 Å². The van der Waals surface area contributed by atoms with Crippen LogP contribution in [0.25, 0.3) is 0 Å². The first kappa shape index (κ1) is 19.2. The molecule has 0 bridgehead atoms. The summed E-state index contributed by atoms with van der Waals surface area (Å²) < 4.78 is 70.3. The molecule has 136 valence electrons. The topological polar surface area (TPSA) is 85.4 Å². The number of nitrogens with zero attached hydrogens (tertiary/aromatic N) is 1. The third-order valence-corrected chi connectivity index (χ3v) is 5.17. The summed E-state index contributed by atoms with van der Waals surface area (Å²) in [5, 5.41) is -0.170. The van der Waals surface area contributed by atoms with Gasteiger partial charge in [-0.3, -0.25) is 9.52 Å². The van der Waals surface area contributed by atoms with E-state index in [-0.39, 0.29) is 16.6 Å². The number of hydrogen-bond donors (Lipinski definition) is 1. The first-order valence-corrected chi connectivity index (χ1v) is 9.29. The Labute approximate surface area is 145 Å². The Morgan fingerprint density at radius 2 is 2.00 bits per heavy atom. The number of alkyl halides is 3. The molecule has 2 rings (SSSR count). The lowest BCUT2D eigenvalue weighted by Gasteiger charge is -2.13. The minimum atomic E-state index is -4.82. The fourth-order valence-electron chi connectivity index (χ4n) is 1.83. The highest BCUT2D eigenvalue weighted by Gasteiger charge is 2.37. The predicted octanol–water partition coefficient (Wildman–Crippen LogP) is 3.67. The van der Waals surface area contributed by atoms with Crippen molar-refractivity contribution in [3.05, 3.63) is 36.0 Å². The van der Waals surface area contributed by atoms with Crippen LogP contribution in [0.5, 0.6) is 5.06 Å². The van der Waals surface area contributed by atoms with E-state index in [9.17, 15) is 26.4 Å². The van der Waals surface area contributed by atoms with Gasteiger partial charge in [0.1, 0.15) is 0 Å². The van der Waals surface area contributed by atoms with Crippen molar-refractivity contribution in [3.63, 3.8) is 0 Å². The molecule has 6 nitrogen and oxygen atoms in total. The SMILES string of the molecule is CCCC(=O)Oc1cnc(NS(=O)(=O)c2ccccc2C(F)(F)F)s1. The van der Waals surface area contributed by atoms with E-state index in [2.05, 4.69) is 4.98 Å². The number of anilines is 1. The number of nitrogens with one attached hydrogen (secondary N) is 1. The molecule has 0 atom stereocenters. The maximum Gasteiger partial charge on any atom is 0.417 e. The summed E-state index contributed by atoms with van der Waals surface area (Å²) in [6.45, 7) is 1.78. The molecule has 0 saturated carbocycles. The Bertz CT molecular complexity index is 863. The van der Waals surface area contributed by atoms with Crippen molar-refractivity contribution in [1.29, 1.82) is 0 Å². The number of sulfonamides is 1. The molecule has 0 aliphatic carbocycles. The van der Waals surface area contributed by atoms with Gasteiger partial charge >= 0.3 is 12.1 Å². The summed E-state index contributed by atoms with van der Waals surface area (Å²) in [6, 6.07) is 3.80. The van der Waals surface area contributed by atoms with Gasteiger partial charge in [0.2, 0.25) is 5.06 Å². The molecule has 1 N–H and O–H groups in total. The van der Waals surface area contributed by atoms with Crippen LogP contribution in [0.15, 0.2) is 35.4 Å². The number of esters is 1. The first-order chi connectivity index (χ1) is 11.6. The van der Waals surface area contributed by atoms with Crippen LogP contribution >= 0.6 is 11.3 Å². The predicted molar refractivity (Wildman–Crippen MR) is 84.9 cm³/mol. The molecule has 2 aromatic rings. The second kappa shape index (κ2) is 7.40. The number of rotatable bonds is 6. The van der Waals surface area contributed by atoms with E-state index < -0.39 is 32.6 Å². The van der Waals surface area contributed by atoms with Gasteiger partial charge in [0.05, 0.1) is 16.7 Å². The van der Waals surface area contributed by atoms with Gasteiger partial charge < -0.3 is 4.74 Å². The molecule has 0 radical (unpaired) electrons. The largest absolute Gasteiger partial charge is 0.417 e.